The van der Waals surface area contributed by atoms with E-state index in [0.717, 1.165) is 16.8 Å². The van der Waals surface area contributed by atoms with Gasteiger partial charge in [0.25, 0.3) is 11.8 Å². The molecule has 0 aliphatic rings. The Morgan fingerprint density at radius 1 is 0.935 bits per heavy atom. The lowest BCUT2D eigenvalue weighted by Gasteiger charge is -2.20. The molecule has 2 aromatic carbocycles. The van der Waals surface area contributed by atoms with Gasteiger partial charge in [-0.05, 0) is 41.2 Å². The van der Waals surface area contributed by atoms with Crippen LogP contribution in [0, 0.1) is 0 Å². The van der Waals surface area contributed by atoms with Gasteiger partial charge in [0.15, 0.2) is 6.61 Å². The van der Waals surface area contributed by atoms with Gasteiger partial charge in [0.05, 0.1) is 7.11 Å². The van der Waals surface area contributed by atoms with Crippen molar-refractivity contribution >= 4 is 23.5 Å². The molecule has 2 amide bonds. The molecule has 0 spiro atoms. The van der Waals surface area contributed by atoms with Crippen LogP contribution in [0.1, 0.15) is 61.0 Å². The van der Waals surface area contributed by atoms with E-state index < -0.39 is 24.4 Å². The molecular formula is C24H30N2O5. The Kier molecular flexibility index (Phi) is 8.61. The number of hydrogen-bond donors (Lipinski definition) is 2. The largest absolute Gasteiger partial charge is 0.497 e. The van der Waals surface area contributed by atoms with Gasteiger partial charge >= 0.3 is 5.97 Å². The number of anilines is 1. The molecule has 0 aliphatic heterocycles. The van der Waals surface area contributed by atoms with Gasteiger partial charge < -0.3 is 20.1 Å². The predicted octanol–water partition coefficient (Wildman–Crippen LogP) is 3.85. The van der Waals surface area contributed by atoms with Crippen LogP contribution in [0.25, 0.3) is 0 Å². The minimum atomic E-state index is -0.701. The second kappa shape index (κ2) is 11.2. The van der Waals surface area contributed by atoms with Gasteiger partial charge in [-0.15, -0.1) is 0 Å². The number of carbonyl (C=O) groups is 3. The van der Waals surface area contributed by atoms with Crippen LogP contribution in [-0.4, -0.2) is 38.0 Å². The van der Waals surface area contributed by atoms with Gasteiger partial charge in [-0.1, -0.05) is 52.0 Å². The van der Waals surface area contributed by atoms with Gasteiger partial charge in [-0.3, -0.25) is 14.4 Å². The number of para-hydroxylation sites is 1. The van der Waals surface area contributed by atoms with Crippen LogP contribution in [-0.2, 0) is 14.3 Å². The Morgan fingerprint density at radius 3 is 2.13 bits per heavy atom. The lowest BCUT2D eigenvalue weighted by molar-refractivity contribution is -0.146. The molecule has 166 valence electrons. The van der Waals surface area contributed by atoms with Gasteiger partial charge in [0.2, 0.25) is 0 Å². The second-order valence-electron chi connectivity index (χ2n) is 7.74. The van der Waals surface area contributed by atoms with Crippen molar-refractivity contribution < 1.29 is 23.9 Å². The summed E-state index contributed by atoms with van der Waals surface area (Å²) in [5, 5.41) is 5.35. The van der Waals surface area contributed by atoms with E-state index in [1.165, 1.54) is 7.11 Å². The summed E-state index contributed by atoms with van der Waals surface area (Å²) in [5.74, 6) is -0.580. The third-order valence-corrected chi connectivity index (χ3v) is 4.73. The molecule has 0 aliphatic carbocycles. The maximum Gasteiger partial charge on any atom is 0.325 e. The Bertz CT molecular complexity index is 911. The van der Waals surface area contributed by atoms with Crippen molar-refractivity contribution in [2.24, 2.45) is 0 Å². The average molecular weight is 427 g/mol. The molecule has 0 saturated heterocycles. The van der Waals surface area contributed by atoms with Crippen LogP contribution >= 0.6 is 0 Å². The number of amides is 2. The van der Waals surface area contributed by atoms with Crippen molar-refractivity contribution in [1.82, 2.24) is 5.32 Å². The molecule has 0 bridgehead atoms. The van der Waals surface area contributed by atoms with Crippen LogP contribution in [0.2, 0.25) is 0 Å². The fourth-order valence-electron chi connectivity index (χ4n) is 3.09. The number of esters is 1. The predicted molar refractivity (Wildman–Crippen MR) is 120 cm³/mol. The summed E-state index contributed by atoms with van der Waals surface area (Å²) in [6.45, 7) is 7.45. The summed E-state index contributed by atoms with van der Waals surface area (Å²) in [7, 11) is 1.50. The molecule has 31 heavy (non-hydrogen) atoms. The highest BCUT2D eigenvalue weighted by Crippen LogP contribution is 2.32. The normalized spacial score (nSPS) is 10.7. The number of carbonyl (C=O) groups excluding carboxylic acids is 3. The van der Waals surface area contributed by atoms with E-state index in [9.17, 15) is 14.4 Å². The van der Waals surface area contributed by atoms with E-state index in [4.69, 9.17) is 9.47 Å². The first-order chi connectivity index (χ1) is 14.7. The van der Waals surface area contributed by atoms with Crippen molar-refractivity contribution in [2.75, 3.05) is 25.6 Å². The second-order valence-corrected chi connectivity index (χ2v) is 7.74. The molecule has 0 fully saturated rings. The Balaban J connectivity index is 1.90. The number of nitrogens with one attached hydrogen (secondary N) is 2. The fourth-order valence-corrected chi connectivity index (χ4v) is 3.09. The molecule has 0 atom stereocenters. The SMILES string of the molecule is COc1cccc(C(=O)NCC(=O)OCC(=O)Nc2c(C(C)C)cccc2C(C)C)c1. The summed E-state index contributed by atoms with van der Waals surface area (Å²) in [6.07, 6.45) is 0. The first-order valence-corrected chi connectivity index (χ1v) is 10.2. The van der Waals surface area contributed by atoms with Crippen molar-refractivity contribution in [3.8, 4) is 5.75 Å². The maximum absolute atomic E-state index is 12.4. The summed E-state index contributed by atoms with van der Waals surface area (Å²) >= 11 is 0. The molecule has 2 aromatic rings. The van der Waals surface area contributed by atoms with E-state index >= 15 is 0 Å². The van der Waals surface area contributed by atoms with E-state index in [1.54, 1.807) is 24.3 Å². The van der Waals surface area contributed by atoms with E-state index in [1.807, 2.05) is 18.2 Å². The molecule has 7 nitrogen and oxygen atoms in total. The Morgan fingerprint density at radius 2 is 1.55 bits per heavy atom. The third-order valence-electron chi connectivity index (χ3n) is 4.73. The Hall–Kier alpha value is -3.35. The quantitative estimate of drug-likeness (QED) is 0.594. The highest BCUT2D eigenvalue weighted by molar-refractivity contribution is 5.97. The number of methoxy groups -OCH3 is 1. The minimum Gasteiger partial charge on any atom is -0.497 e. The van der Waals surface area contributed by atoms with Crippen molar-refractivity contribution in [3.05, 3.63) is 59.2 Å². The average Bonchev–Trinajstić information content (AvgIpc) is 2.75. The minimum absolute atomic E-state index is 0.225. The monoisotopic (exact) mass is 426 g/mol. The molecule has 0 unspecified atom stereocenters. The molecule has 0 radical (unpaired) electrons. The zero-order chi connectivity index (χ0) is 23.0. The highest BCUT2D eigenvalue weighted by atomic mass is 16.5. The van der Waals surface area contributed by atoms with Crippen LogP contribution < -0.4 is 15.4 Å². The van der Waals surface area contributed by atoms with Gasteiger partial charge in [0.1, 0.15) is 12.3 Å². The molecule has 2 rings (SSSR count). The van der Waals surface area contributed by atoms with E-state index in [2.05, 4.69) is 38.3 Å². The van der Waals surface area contributed by atoms with Crippen LogP contribution in [0.5, 0.6) is 5.75 Å². The van der Waals surface area contributed by atoms with Crippen LogP contribution in [0.4, 0.5) is 5.69 Å². The zero-order valence-electron chi connectivity index (χ0n) is 18.7. The lowest BCUT2D eigenvalue weighted by atomic mass is 9.92. The molecular weight excluding hydrogens is 396 g/mol. The van der Waals surface area contributed by atoms with Gasteiger partial charge in [-0.2, -0.15) is 0 Å². The molecule has 0 saturated carbocycles. The first kappa shape index (κ1) is 23.9. The van der Waals surface area contributed by atoms with E-state index in [-0.39, 0.29) is 18.4 Å². The number of rotatable bonds is 9. The molecule has 7 heteroatoms. The molecule has 0 aromatic heterocycles. The Labute approximate surface area is 183 Å². The fraction of sp³-hybridized carbons (Fsp3) is 0.375. The van der Waals surface area contributed by atoms with E-state index in [0.29, 0.717) is 11.3 Å². The molecule has 2 N–H and O–H groups in total. The topological polar surface area (TPSA) is 93.7 Å². The number of hydrogen-bond acceptors (Lipinski definition) is 5. The van der Waals surface area contributed by atoms with Crippen LogP contribution in [0.15, 0.2) is 42.5 Å². The third kappa shape index (κ3) is 6.84. The van der Waals surface area contributed by atoms with Crippen LogP contribution in [0.3, 0.4) is 0 Å². The summed E-state index contributed by atoms with van der Waals surface area (Å²) in [6, 6.07) is 12.5. The first-order valence-electron chi connectivity index (χ1n) is 10.2. The lowest BCUT2D eigenvalue weighted by Crippen LogP contribution is -2.32. The van der Waals surface area contributed by atoms with Gasteiger partial charge in [0, 0.05) is 11.3 Å². The highest BCUT2D eigenvalue weighted by Gasteiger charge is 2.17. The van der Waals surface area contributed by atoms with Crippen molar-refractivity contribution in [1.29, 1.82) is 0 Å². The van der Waals surface area contributed by atoms with Gasteiger partial charge in [-0.25, -0.2) is 0 Å². The molecule has 0 heterocycles. The summed E-state index contributed by atoms with van der Waals surface area (Å²) in [5.41, 5.74) is 3.17. The standard InChI is InChI=1S/C24H30N2O5/c1-15(2)19-10-7-11-20(16(3)4)23(19)26-21(27)14-31-22(28)13-25-24(29)17-8-6-9-18(12-17)30-5/h6-12,15-16H,13-14H2,1-5H3,(H,25,29)(H,26,27). The van der Waals surface area contributed by atoms with Crippen molar-refractivity contribution in [3.63, 3.8) is 0 Å². The zero-order valence-corrected chi connectivity index (χ0v) is 18.7. The summed E-state index contributed by atoms with van der Waals surface area (Å²) < 4.78 is 10.1. The number of benzene rings is 2. The van der Waals surface area contributed by atoms with Crippen molar-refractivity contribution in [2.45, 2.75) is 39.5 Å². The number of ether oxygens (including phenoxy) is 2. The summed E-state index contributed by atoms with van der Waals surface area (Å²) in [4.78, 5) is 36.5. The maximum atomic E-state index is 12.4. The smallest absolute Gasteiger partial charge is 0.325 e.